The molecule has 2 heterocycles. The van der Waals surface area contributed by atoms with Gasteiger partial charge < -0.3 is 18.9 Å². The number of ether oxygens (including phenoxy) is 2. The van der Waals surface area contributed by atoms with Crippen molar-refractivity contribution >= 4 is 16.8 Å². The second kappa shape index (κ2) is 11.6. The van der Waals surface area contributed by atoms with Crippen molar-refractivity contribution in [2.45, 2.75) is 18.9 Å². The summed E-state index contributed by atoms with van der Waals surface area (Å²) in [5, 5.41) is 1.17. The Morgan fingerprint density at radius 1 is 0.795 bits per heavy atom. The van der Waals surface area contributed by atoms with Gasteiger partial charge in [-0.15, -0.1) is 0 Å². The molecule has 39 heavy (non-hydrogen) atoms. The Balaban J connectivity index is 1.40. The maximum atomic E-state index is 13.6. The van der Waals surface area contributed by atoms with Crippen molar-refractivity contribution in [3.8, 4) is 11.5 Å². The van der Waals surface area contributed by atoms with Gasteiger partial charge in [-0.1, -0.05) is 78.9 Å². The van der Waals surface area contributed by atoms with Crippen molar-refractivity contribution in [3.63, 3.8) is 0 Å². The average Bonchev–Trinajstić information content (AvgIpc) is 3.35. The number of benzene rings is 4. The number of hydrogen-bond acceptors (Lipinski definition) is 3. The Labute approximate surface area is 229 Å². The lowest BCUT2D eigenvalue weighted by Crippen LogP contribution is -2.41. The number of carbonyl (C=O) groups excluding carboxylic acids is 1. The van der Waals surface area contributed by atoms with E-state index in [1.54, 1.807) is 0 Å². The maximum Gasteiger partial charge on any atom is 0.223 e. The van der Waals surface area contributed by atoms with Crippen LogP contribution in [0.1, 0.15) is 29.0 Å². The number of nitrogens with zero attached hydrogens (tertiary/aromatic N) is 2. The molecule has 1 aromatic heterocycles. The van der Waals surface area contributed by atoms with Crippen LogP contribution in [0.4, 0.5) is 0 Å². The topological polar surface area (TPSA) is 43.7 Å². The fourth-order valence-corrected chi connectivity index (χ4v) is 5.41. The molecule has 1 atom stereocenters. The predicted octanol–water partition coefficient (Wildman–Crippen LogP) is 6.86. The highest BCUT2D eigenvalue weighted by molar-refractivity contribution is 5.87. The van der Waals surface area contributed by atoms with Crippen molar-refractivity contribution in [1.29, 1.82) is 0 Å². The normalized spacial score (nSPS) is 14.3. The smallest absolute Gasteiger partial charge is 0.223 e. The Kier molecular flexibility index (Phi) is 7.41. The van der Waals surface area contributed by atoms with E-state index >= 15 is 0 Å². The lowest BCUT2D eigenvalue weighted by atomic mass is 9.87. The zero-order valence-corrected chi connectivity index (χ0v) is 21.9. The zero-order chi connectivity index (χ0) is 26.4. The largest absolute Gasteiger partial charge is 0.457 e. The van der Waals surface area contributed by atoms with E-state index in [9.17, 15) is 4.79 Å². The van der Waals surface area contributed by atoms with Gasteiger partial charge in [-0.25, -0.2) is 0 Å². The van der Waals surface area contributed by atoms with Gasteiger partial charge in [0.15, 0.2) is 0 Å². The van der Waals surface area contributed by atoms with Crippen molar-refractivity contribution in [1.82, 2.24) is 9.47 Å². The summed E-state index contributed by atoms with van der Waals surface area (Å²) in [6.45, 7) is 3.22. The number of aromatic nitrogens is 1. The Morgan fingerprint density at radius 2 is 1.49 bits per heavy atom. The molecule has 196 valence electrons. The van der Waals surface area contributed by atoms with Crippen molar-refractivity contribution < 1.29 is 14.3 Å². The number of rotatable bonds is 8. The predicted molar refractivity (Wildman–Crippen MR) is 154 cm³/mol. The zero-order valence-electron chi connectivity index (χ0n) is 21.9. The molecule has 0 N–H and O–H groups in total. The summed E-state index contributed by atoms with van der Waals surface area (Å²) in [6.07, 6.45) is 2.62. The van der Waals surface area contributed by atoms with Crippen LogP contribution >= 0.6 is 0 Å². The van der Waals surface area contributed by atoms with Crippen molar-refractivity contribution in [2.75, 3.05) is 26.3 Å². The maximum absolute atomic E-state index is 13.6. The van der Waals surface area contributed by atoms with Gasteiger partial charge >= 0.3 is 0 Å². The summed E-state index contributed by atoms with van der Waals surface area (Å²) in [7, 11) is 0. The highest BCUT2D eigenvalue weighted by Gasteiger charge is 2.26. The van der Waals surface area contributed by atoms with Crippen LogP contribution < -0.4 is 4.74 Å². The first-order chi connectivity index (χ1) is 19.2. The molecule has 0 radical (unpaired) electrons. The molecular formula is C34H32N2O3. The van der Waals surface area contributed by atoms with Gasteiger partial charge in [0.25, 0.3) is 0 Å². The highest BCUT2D eigenvalue weighted by Crippen LogP contribution is 2.37. The summed E-state index contributed by atoms with van der Waals surface area (Å²) in [4.78, 5) is 15.5. The summed E-state index contributed by atoms with van der Waals surface area (Å²) < 4.78 is 14.0. The first-order valence-corrected chi connectivity index (χ1v) is 13.5. The van der Waals surface area contributed by atoms with E-state index in [0.717, 1.165) is 34.7 Å². The molecule has 1 aliphatic heterocycles. The second-order valence-corrected chi connectivity index (χ2v) is 9.95. The number of para-hydroxylation sites is 2. The molecule has 5 heteroatoms. The van der Waals surface area contributed by atoms with Crippen LogP contribution in [-0.4, -0.2) is 41.7 Å². The fraction of sp³-hybridized carbons (Fsp3) is 0.206. The third-order valence-electron chi connectivity index (χ3n) is 7.37. The number of morpholine rings is 1. The monoisotopic (exact) mass is 516 g/mol. The first-order valence-electron chi connectivity index (χ1n) is 13.5. The van der Waals surface area contributed by atoms with Gasteiger partial charge in [0, 0.05) is 49.1 Å². The van der Waals surface area contributed by atoms with Crippen LogP contribution in [0.25, 0.3) is 10.9 Å². The molecule has 0 saturated carbocycles. The number of amides is 1. The SMILES string of the molecule is O=C(CC(c1cccc(Oc2ccccc2)c1)c1cn(Cc2ccccc2)c2ccccc12)N1CCOCC1. The third-order valence-corrected chi connectivity index (χ3v) is 7.37. The first kappa shape index (κ1) is 25.0. The summed E-state index contributed by atoms with van der Waals surface area (Å²) in [6, 6.07) is 36.9. The summed E-state index contributed by atoms with van der Waals surface area (Å²) in [5.74, 6) is 1.57. The van der Waals surface area contributed by atoms with Gasteiger partial charge in [0.1, 0.15) is 11.5 Å². The molecule has 0 aliphatic carbocycles. The van der Waals surface area contributed by atoms with Crippen molar-refractivity contribution in [2.24, 2.45) is 0 Å². The molecule has 1 fully saturated rings. The van der Waals surface area contributed by atoms with Crippen LogP contribution in [0.15, 0.2) is 115 Å². The quantitative estimate of drug-likeness (QED) is 0.226. The number of carbonyl (C=O) groups is 1. The van der Waals surface area contributed by atoms with Crippen LogP contribution in [0.3, 0.4) is 0 Å². The minimum atomic E-state index is -0.124. The van der Waals surface area contributed by atoms with Crippen LogP contribution in [0, 0.1) is 0 Å². The average molecular weight is 517 g/mol. The fourth-order valence-electron chi connectivity index (χ4n) is 5.41. The van der Waals surface area contributed by atoms with Gasteiger partial charge in [-0.2, -0.15) is 0 Å². The summed E-state index contributed by atoms with van der Waals surface area (Å²) >= 11 is 0. The van der Waals surface area contributed by atoms with E-state index in [1.165, 1.54) is 10.9 Å². The lowest BCUT2D eigenvalue weighted by Gasteiger charge is -2.29. The molecule has 1 aliphatic rings. The molecule has 0 bridgehead atoms. The van der Waals surface area contributed by atoms with E-state index < -0.39 is 0 Å². The molecule has 5 aromatic rings. The molecule has 5 nitrogen and oxygen atoms in total. The van der Waals surface area contributed by atoms with E-state index in [1.807, 2.05) is 53.4 Å². The lowest BCUT2D eigenvalue weighted by molar-refractivity contribution is -0.135. The number of fused-ring (bicyclic) bond motifs is 1. The number of hydrogen-bond donors (Lipinski definition) is 0. The van der Waals surface area contributed by atoms with E-state index in [4.69, 9.17) is 9.47 Å². The molecule has 1 amide bonds. The molecule has 0 spiro atoms. The molecule has 1 saturated heterocycles. The van der Waals surface area contributed by atoms with E-state index in [0.29, 0.717) is 32.7 Å². The van der Waals surface area contributed by atoms with Gasteiger partial charge in [-0.3, -0.25) is 4.79 Å². The van der Waals surface area contributed by atoms with E-state index in [-0.39, 0.29) is 11.8 Å². The van der Waals surface area contributed by atoms with Crippen molar-refractivity contribution in [3.05, 3.63) is 132 Å². The Morgan fingerprint density at radius 3 is 2.28 bits per heavy atom. The van der Waals surface area contributed by atoms with Gasteiger partial charge in [0.05, 0.1) is 13.2 Å². The van der Waals surface area contributed by atoms with E-state index in [2.05, 4.69) is 71.4 Å². The Bertz CT molecular complexity index is 1540. The summed E-state index contributed by atoms with van der Waals surface area (Å²) in [5.41, 5.74) is 4.62. The van der Waals surface area contributed by atoms with Gasteiger partial charge in [0.2, 0.25) is 5.91 Å². The minimum Gasteiger partial charge on any atom is -0.457 e. The molecular weight excluding hydrogens is 484 g/mol. The Hall–Kier alpha value is -4.35. The standard InChI is InChI=1S/C34H32N2O3/c37-34(35-18-20-38-21-19-35)23-31(27-12-9-15-29(22-27)39-28-13-5-2-6-14-28)32-25-36(24-26-10-3-1-4-11-26)33-17-8-7-16-30(32)33/h1-17,22,25,31H,18-21,23-24H2. The molecule has 4 aromatic carbocycles. The van der Waals surface area contributed by atoms with Crippen LogP contribution in [-0.2, 0) is 16.1 Å². The van der Waals surface area contributed by atoms with Crippen LogP contribution in [0.5, 0.6) is 11.5 Å². The second-order valence-electron chi connectivity index (χ2n) is 9.95. The van der Waals surface area contributed by atoms with Crippen LogP contribution in [0.2, 0.25) is 0 Å². The minimum absolute atomic E-state index is 0.124. The molecule has 6 rings (SSSR count). The highest BCUT2D eigenvalue weighted by atomic mass is 16.5. The van der Waals surface area contributed by atoms with Gasteiger partial charge in [-0.05, 0) is 47.0 Å². The third kappa shape index (κ3) is 5.74. The molecule has 1 unspecified atom stereocenters.